The molecular formula is C21H21ClN3O3+. The van der Waals surface area contributed by atoms with E-state index in [0.717, 1.165) is 22.0 Å². The van der Waals surface area contributed by atoms with Crippen molar-refractivity contribution in [3.63, 3.8) is 0 Å². The molecule has 6 nitrogen and oxygen atoms in total. The number of carbonyl (C=O) groups excluding carboxylic acids is 2. The molecule has 2 aromatic carbocycles. The Morgan fingerprint density at radius 1 is 1.04 bits per heavy atom. The van der Waals surface area contributed by atoms with Gasteiger partial charge < -0.3 is 20.4 Å². The zero-order chi connectivity index (χ0) is 20.1. The van der Waals surface area contributed by atoms with Crippen molar-refractivity contribution in [2.45, 2.75) is 6.54 Å². The lowest BCUT2D eigenvalue weighted by molar-refractivity contribution is -0.886. The van der Waals surface area contributed by atoms with Crippen LogP contribution in [0.3, 0.4) is 0 Å². The molecule has 3 rings (SSSR count). The van der Waals surface area contributed by atoms with Crippen LogP contribution in [0.5, 0.6) is 0 Å². The van der Waals surface area contributed by atoms with Crippen LogP contribution in [0, 0.1) is 0 Å². The van der Waals surface area contributed by atoms with Crippen LogP contribution in [0.2, 0.25) is 5.02 Å². The fourth-order valence-corrected chi connectivity index (χ4v) is 2.93. The van der Waals surface area contributed by atoms with Gasteiger partial charge in [-0.1, -0.05) is 11.6 Å². The van der Waals surface area contributed by atoms with Gasteiger partial charge in [-0.2, -0.15) is 0 Å². The van der Waals surface area contributed by atoms with E-state index in [-0.39, 0.29) is 12.5 Å². The van der Waals surface area contributed by atoms with E-state index in [1.165, 1.54) is 0 Å². The van der Waals surface area contributed by atoms with Gasteiger partial charge in [0.2, 0.25) is 5.91 Å². The van der Waals surface area contributed by atoms with Crippen molar-refractivity contribution in [2.24, 2.45) is 5.73 Å². The van der Waals surface area contributed by atoms with Crippen LogP contribution in [-0.4, -0.2) is 25.4 Å². The van der Waals surface area contributed by atoms with Crippen LogP contribution in [0.4, 0.5) is 5.69 Å². The molecule has 0 aliphatic heterocycles. The maximum Gasteiger partial charge on any atom is 0.279 e. The van der Waals surface area contributed by atoms with Crippen LogP contribution in [0.25, 0.3) is 11.3 Å². The largest absolute Gasteiger partial charge is 0.455 e. The van der Waals surface area contributed by atoms with Gasteiger partial charge >= 0.3 is 0 Å². The molecule has 1 unspecified atom stereocenters. The highest BCUT2D eigenvalue weighted by Gasteiger charge is 2.14. The van der Waals surface area contributed by atoms with Gasteiger partial charge in [0.15, 0.2) is 12.3 Å². The number of nitrogens with two attached hydrogens (primary N) is 1. The summed E-state index contributed by atoms with van der Waals surface area (Å²) in [6.07, 6.45) is 0. The average Bonchev–Trinajstić information content (AvgIpc) is 3.10. The molecular weight excluding hydrogens is 378 g/mol. The Kier molecular flexibility index (Phi) is 6.13. The summed E-state index contributed by atoms with van der Waals surface area (Å²) >= 11 is 5.91. The van der Waals surface area contributed by atoms with Gasteiger partial charge in [-0.25, -0.2) is 0 Å². The Bertz CT molecular complexity index is 965. The molecule has 4 N–H and O–H groups in total. The Morgan fingerprint density at radius 2 is 1.71 bits per heavy atom. The molecule has 0 saturated heterocycles. The van der Waals surface area contributed by atoms with Gasteiger partial charge in [0.25, 0.3) is 5.91 Å². The number of furan rings is 1. The molecule has 0 radical (unpaired) electrons. The normalized spacial score (nSPS) is 11.8. The fraction of sp³-hybridized carbons (Fsp3) is 0.143. The van der Waals surface area contributed by atoms with E-state index < -0.39 is 5.91 Å². The van der Waals surface area contributed by atoms with Crippen LogP contribution < -0.4 is 16.0 Å². The summed E-state index contributed by atoms with van der Waals surface area (Å²) < 4.78 is 5.88. The highest BCUT2D eigenvalue weighted by atomic mass is 35.5. The number of primary amides is 1. The van der Waals surface area contributed by atoms with Crippen LogP contribution >= 0.6 is 11.6 Å². The first-order chi connectivity index (χ1) is 13.4. The van der Waals surface area contributed by atoms with Crippen LogP contribution in [0.1, 0.15) is 16.1 Å². The first kappa shape index (κ1) is 19.7. The lowest BCUT2D eigenvalue weighted by Crippen LogP contribution is -3.08. The summed E-state index contributed by atoms with van der Waals surface area (Å²) in [6, 6.07) is 17.7. The zero-order valence-electron chi connectivity index (χ0n) is 15.4. The highest BCUT2D eigenvalue weighted by Crippen LogP contribution is 2.23. The minimum atomic E-state index is -0.501. The summed E-state index contributed by atoms with van der Waals surface area (Å²) in [7, 11) is 1.92. The number of likely N-dealkylation sites (N-methyl/N-ethyl adjacent to an activating group) is 1. The number of hydrogen-bond acceptors (Lipinski definition) is 3. The molecule has 0 aliphatic carbocycles. The number of nitrogens with one attached hydrogen (secondary N) is 2. The lowest BCUT2D eigenvalue weighted by Gasteiger charge is -2.12. The van der Waals surface area contributed by atoms with E-state index in [1.807, 2.05) is 43.4 Å². The molecule has 1 aromatic heterocycles. The predicted octanol–water partition coefficient (Wildman–Crippen LogP) is 2.35. The molecule has 0 aliphatic rings. The molecule has 0 spiro atoms. The number of hydrogen-bond donors (Lipinski definition) is 3. The monoisotopic (exact) mass is 398 g/mol. The van der Waals surface area contributed by atoms with Crippen molar-refractivity contribution in [2.75, 3.05) is 18.9 Å². The molecule has 0 fully saturated rings. The van der Waals surface area contributed by atoms with Gasteiger partial charge in [0.05, 0.1) is 7.05 Å². The molecule has 0 bridgehead atoms. The predicted molar refractivity (Wildman–Crippen MR) is 108 cm³/mol. The second-order valence-corrected chi connectivity index (χ2v) is 7.01. The number of rotatable bonds is 7. The third kappa shape index (κ3) is 5.22. The summed E-state index contributed by atoms with van der Waals surface area (Å²) in [5, 5.41) is 3.48. The minimum absolute atomic E-state index is 0.131. The molecule has 3 aromatic rings. The second-order valence-electron chi connectivity index (χ2n) is 6.57. The standard InChI is InChI=1S/C21H20ClN3O3/c1-25(13-20(26)24-17-8-4-15(5-9-17)21(23)27)12-18-10-11-19(28-18)14-2-6-16(22)7-3-14/h2-11H,12-13H2,1H3,(H2,23,27)(H,24,26)/p+1. The number of quaternary nitrogens is 1. The van der Waals surface area contributed by atoms with Crippen LogP contribution in [-0.2, 0) is 11.3 Å². The van der Waals surface area contributed by atoms with Gasteiger partial charge in [0, 0.05) is 21.8 Å². The van der Waals surface area contributed by atoms with Gasteiger partial charge in [-0.3, -0.25) is 9.59 Å². The first-order valence-electron chi connectivity index (χ1n) is 8.76. The summed E-state index contributed by atoms with van der Waals surface area (Å²) in [6.45, 7) is 0.843. The maximum absolute atomic E-state index is 12.2. The fourth-order valence-electron chi connectivity index (χ4n) is 2.80. The van der Waals surface area contributed by atoms with Gasteiger partial charge in [-0.15, -0.1) is 0 Å². The third-order valence-electron chi connectivity index (χ3n) is 4.18. The Morgan fingerprint density at radius 3 is 2.36 bits per heavy atom. The minimum Gasteiger partial charge on any atom is -0.455 e. The van der Waals surface area contributed by atoms with Crippen molar-refractivity contribution in [3.8, 4) is 11.3 Å². The van der Waals surface area contributed by atoms with Crippen LogP contribution in [0.15, 0.2) is 65.1 Å². The van der Waals surface area contributed by atoms with Crippen molar-refractivity contribution in [3.05, 3.63) is 77.0 Å². The highest BCUT2D eigenvalue weighted by molar-refractivity contribution is 6.30. The quantitative estimate of drug-likeness (QED) is 0.570. The number of carbonyl (C=O) groups is 2. The molecule has 2 amide bonds. The Labute approximate surface area is 167 Å². The summed E-state index contributed by atoms with van der Waals surface area (Å²) in [5.41, 5.74) is 7.17. The van der Waals surface area contributed by atoms with Crippen molar-refractivity contribution in [1.82, 2.24) is 0 Å². The average molecular weight is 399 g/mol. The number of benzene rings is 2. The smallest absolute Gasteiger partial charge is 0.279 e. The van der Waals surface area contributed by atoms with Gasteiger partial charge in [-0.05, 0) is 60.7 Å². The Balaban J connectivity index is 1.53. The van der Waals surface area contributed by atoms with Crippen molar-refractivity contribution in [1.29, 1.82) is 0 Å². The zero-order valence-corrected chi connectivity index (χ0v) is 16.1. The first-order valence-corrected chi connectivity index (χ1v) is 9.14. The molecule has 7 heteroatoms. The topological polar surface area (TPSA) is 89.8 Å². The van der Waals surface area contributed by atoms with E-state index in [0.29, 0.717) is 22.8 Å². The number of amides is 2. The molecule has 28 heavy (non-hydrogen) atoms. The molecule has 0 saturated carbocycles. The summed E-state index contributed by atoms with van der Waals surface area (Å²) in [4.78, 5) is 24.3. The lowest BCUT2D eigenvalue weighted by atomic mass is 10.2. The van der Waals surface area contributed by atoms with E-state index in [1.54, 1.807) is 24.3 Å². The third-order valence-corrected chi connectivity index (χ3v) is 4.43. The molecule has 144 valence electrons. The number of halogens is 1. The molecule has 1 heterocycles. The maximum atomic E-state index is 12.2. The van der Waals surface area contributed by atoms with Crippen molar-refractivity contribution >= 4 is 29.1 Å². The summed E-state index contributed by atoms with van der Waals surface area (Å²) in [5.74, 6) is 0.923. The van der Waals surface area contributed by atoms with E-state index in [4.69, 9.17) is 21.8 Å². The molecule has 1 atom stereocenters. The van der Waals surface area contributed by atoms with E-state index >= 15 is 0 Å². The van der Waals surface area contributed by atoms with E-state index in [2.05, 4.69) is 5.32 Å². The van der Waals surface area contributed by atoms with Gasteiger partial charge in [0.1, 0.15) is 12.3 Å². The second kappa shape index (κ2) is 8.73. The Hall–Kier alpha value is -3.09. The SMILES string of the molecule is C[NH+](CC(=O)Nc1ccc(C(N)=O)cc1)Cc1ccc(-c2ccc(Cl)cc2)o1. The number of anilines is 1. The van der Waals surface area contributed by atoms with Crippen molar-refractivity contribution < 1.29 is 18.9 Å². The van der Waals surface area contributed by atoms with E-state index in [9.17, 15) is 9.59 Å².